The van der Waals surface area contributed by atoms with Gasteiger partial charge in [0.05, 0.1) is 18.5 Å². The first kappa shape index (κ1) is 23.6. The van der Waals surface area contributed by atoms with E-state index in [1.807, 2.05) is 24.3 Å². The maximum atomic E-state index is 14.5. The van der Waals surface area contributed by atoms with Gasteiger partial charge in [0.2, 0.25) is 11.8 Å². The van der Waals surface area contributed by atoms with E-state index in [0.717, 1.165) is 47.1 Å². The van der Waals surface area contributed by atoms with Gasteiger partial charge in [-0.3, -0.25) is 10.00 Å². The van der Waals surface area contributed by atoms with Gasteiger partial charge in [-0.25, -0.2) is 9.37 Å². The highest BCUT2D eigenvalue weighted by atomic mass is 35.5. The van der Waals surface area contributed by atoms with Gasteiger partial charge in [-0.15, -0.1) is 10.2 Å². The average molecular weight is 519 g/mol. The Labute approximate surface area is 217 Å². The van der Waals surface area contributed by atoms with E-state index in [2.05, 4.69) is 30.3 Å². The molecule has 3 aromatic heterocycles. The van der Waals surface area contributed by atoms with Crippen LogP contribution in [0.15, 0.2) is 59.1 Å². The number of fused-ring (bicyclic) bond motifs is 1. The summed E-state index contributed by atoms with van der Waals surface area (Å²) in [6.45, 7) is 2.03. The number of piperidine rings is 1. The normalized spacial score (nSPS) is 16.4. The monoisotopic (exact) mass is 518 g/mol. The minimum Gasteiger partial charge on any atom is -0.496 e. The number of nitrogens with one attached hydrogen (secondary N) is 1. The highest BCUT2D eigenvalue weighted by Gasteiger charge is 2.27. The topological polar surface area (TPSA) is 93.0 Å². The van der Waals surface area contributed by atoms with Crippen LogP contribution in [0.25, 0.3) is 33.6 Å². The largest absolute Gasteiger partial charge is 0.496 e. The van der Waals surface area contributed by atoms with Crippen molar-refractivity contribution in [3.05, 3.63) is 77.2 Å². The van der Waals surface area contributed by atoms with Crippen molar-refractivity contribution in [3.8, 4) is 28.5 Å². The van der Waals surface area contributed by atoms with Crippen LogP contribution in [0.3, 0.4) is 0 Å². The number of rotatable bonds is 6. The van der Waals surface area contributed by atoms with E-state index in [-0.39, 0.29) is 11.7 Å². The molecule has 2 aromatic carbocycles. The Bertz CT molecular complexity index is 1570. The molecule has 6 rings (SSSR count). The van der Waals surface area contributed by atoms with E-state index in [0.29, 0.717) is 41.3 Å². The number of benzene rings is 2. The molecule has 0 saturated carbocycles. The van der Waals surface area contributed by atoms with Crippen LogP contribution < -0.4 is 4.74 Å². The van der Waals surface area contributed by atoms with Gasteiger partial charge in [-0.1, -0.05) is 17.7 Å². The lowest BCUT2D eigenvalue weighted by Crippen LogP contribution is -2.34. The molecule has 0 unspecified atom stereocenters. The van der Waals surface area contributed by atoms with Gasteiger partial charge in [-0.05, 0) is 61.9 Å². The van der Waals surface area contributed by atoms with Crippen molar-refractivity contribution < 1.29 is 13.5 Å². The molecule has 0 bridgehead atoms. The molecule has 1 aliphatic heterocycles. The number of aromatic nitrogens is 5. The van der Waals surface area contributed by atoms with Gasteiger partial charge in [0.15, 0.2) is 0 Å². The van der Waals surface area contributed by atoms with Crippen LogP contribution in [0.5, 0.6) is 5.75 Å². The first-order valence-electron chi connectivity index (χ1n) is 12.1. The van der Waals surface area contributed by atoms with Gasteiger partial charge in [0, 0.05) is 41.4 Å². The van der Waals surface area contributed by atoms with E-state index in [9.17, 15) is 4.39 Å². The molecule has 4 heterocycles. The Morgan fingerprint density at radius 1 is 1.16 bits per heavy atom. The molecule has 0 aliphatic carbocycles. The first-order chi connectivity index (χ1) is 18.1. The van der Waals surface area contributed by atoms with Crippen LogP contribution in [0, 0.1) is 5.82 Å². The second-order valence-electron chi connectivity index (χ2n) is 9.14. The summed E-state index contributed by atoms with van der Waals surface area (Å²) in [6, 6.07) is 14.4. The zero-order valence-electron chi connectivity index (χ0n) is 20.1. The summed E-state index contributed by atoms with van der Waals surface area (Å²) in [5.41, 5.74) is 3.89. The molecule has 10 heteroatoms. The predicted octanol–water partition coefficient (Wildman–Crippen LogP) is 5.86. The fourth-order valence-corrected chi connectivity index (χ4v) is 5.11. The number of hydrogen-bond donors (Lipinski definition) is 1. The van der Waals surface area contributed by atoms with Gasteiger partial charge in [-0.2, -0.15) is 5.10 Å². The van der Waals surface area contributed by atoms with Gasteiger partial charge in [0.1, 0.15) is 22.4 Å². The van der Waals surface area contributed by atoms with Crippen molar-refractivity contribution >= 4 is 22.5 Å². The van der Waals surface area contributed by atoms with E-state index < -0.39 is 0 Å². The number of hydrogen-bond acceptors (Lipinski definition) is 7. The van der Waals surface area contributed by atoms with Crippen molar-refractivity contribution in [1.82, 2.24) is 30.3 Å². The highest BCUT2D eigenvalue weighted by molar-refractivity contribution is 6.29. The molecule has 1 fully saturated rings. The van der Waals surface area contributed by atoms with Gasteiger partial charge in [0.25, 0.3) is 0 Å². The number of ether oxygens (including phenoxy) is 1. The smallest absolute Gasteiger partial charge is 0.247 e. The van der Waals surface area contributed by atoms with Crippen molar-refractivity contribution in [2.24, 2.45) is 0 Å². The Hall–Kier alpha value is -3.82. The van der Waals surface area contributed by atoms with Crippen LogP contribution in [-0.2, 0) is 6.54 Å². The summed E-state index contributed by atoms with van der Waals surface area (Å²) in [6.07, 6.45) is 3.54. The summed E-state index contributed by atoms with van der Waals surface area (Å²) in [5.74, 6) is 1.41. The third-order valence-electron chi connectivity index (χ3n) is 6.78. The van der Waals surface area contributed by atoms with Crippen molar-refractivity contribution in [3.63, 3.8) is 0 Å². The molecular formula is C27H24ClFN6O2. The lowest BCUT2D eigenvalue weighted by Gasteiger charge is -2.31. The Morgan fingerprint density at radius 2 is 2.08 bits per heavy atom. The molecular weight excluding hydrogens is 495 g/mol. The lowest BCUT2D eigenvalue weighted by atomic mass is 9.97. The predicted molar refractivity (Wildman–Crippen MR) is 138 cm³/mol. The SMILES string of the molecule is COc1cccc(F)c1CN1CCC[C@@H](c2nnc(-c3ccc4[nH]nc(-c5ccnc(Cl)c5)c4c3)o2)C1. The molecule has 1 N–H and O–H groups in total. The summed E-state index contributed by atoms with van der Waals surface area (Å²) in [7, 11) is 1.56. The number of pyridine rings is 1. The summed E-state index contributed by atoms with van der Waals surface area (Å²) in [5, 5.41) is 17.6. The van der Waals surface area contributed by atoms with Crippen LogP contribution in [0.1, 0.15) is 30.2 Å². The van der Waals surface area contributed by atoms with E-state index in [1.54, 1.807) is 31.5 Å². The molecule has 0 spiro atoms. The fraction of sp³-hybridized carbons (Fsp3) is 0.259. The third-order valence-corrected chi connectivity index (χ3v) is 6.99. The Kier molecular flexibility index (Phi) is 6.31. The lowest BCUT2D eigenvalue weighted by molar-refractivity contribution is 0.182. The highest BCUT2D eigenvalue weighted by Crippen LogP contribution is 2.33. The van der Waals surface area contributed by atoms with Crippen LogP contribution >= 0.6 is 11.6 Å². The summed E-state index contributed by atoms with van der Waals surface area (Å²) < 4.78 is 26.0. The molecule has 8 nitrogen and oxygen atoms in total. The van der Waals surface area contributed by atoms with Crippen molar-refractivity contribution in [2.75, 3.05) is 20.2 Å². The number of halogens is 2. The van der Waals surface area contributed by atoms with E-state index in [4.69, 9.17) is 20.8 Å². The second kappa shape index (κ2) is 9.91. The number of methoxy groups -OCH3 is 1. The standard InChI is InChI=1S/C27H24ClFN6O2/c1-36-23-6-2-5-21(29)20(23)15-35-11-3-4-18(14-35)27-34-33-26(37-27)17-7-8-22-19(12-17)25(32-31-22)16-9-10-30-24(28)13-16/h2,5-10,12-13,18H,3-4,11,14-15H2,1H3,(H,31,32)/t18-/m1/s1. The summed E-state index contributed by atoms with van der Waals surface area (Å²) in [4.78, 5) is 6.26. The quantitative estimate of drug-likeness (QED) is 0.281. The van der Waals surface area contributed by atoms with E-state index in [1.165, 1.54) is 6.07 Å². The van der Waals surface area contributed by atoms with Gasteiger partial charge < -0.3 is 9.15 Å². The van der Waals surface area contributed by atoms with Crippen LogP contribution in [0.4, 0.5) is 4.39 Å². The maximum Gasteiger partial charge on any atom is 0.247 e. The number of likely N-dealkylation sites (tertiary alicyclic amines) is 1. The van der Waals surface area contributed by atoms with Crippen molar-refractivity contribution in [2.45, 2.75) is 25.3 Å². The minimum atomic E-state index is -0.260. The summed E-state index contributed by atoms with van der Waals surface area (Å²) >= 11 is 6.08. The van der Waals surface area contributed by atoms with Crippen LogP contribution in [-0.4, -0.2) is 50.5 Å². The Morgan fingerprint density at radius 3 is 2.95 bits per heavy atom. The molecule has 0 amide bonds. The second-order valence-corrected chi connectivity index (χ2v) is 9.53. The molecule has 5 aromatic rings. The van der Waals surface area contributed by atoms with Gasteiger partial charge >= 0.3 is 0 Å². The van der Waals surface area contributed by atoms with Crippen molar-refractivity contribution in [1.29, 1.82) is 0 Å². The van der Waals surface area contributed by atoms with E-state index >= 15 is 0 Å². The minimum absolute atomic E-state index is 0.0694. The molecule has 37 heavy (non-hydrogen) atoms. The molecule has 188 valence electrons. The fourth-order valence-electron chi connectivity index (χ4n) is 4.94. The zero-order chi connectivity index (χ0) is 25.4. The van der Waals surface area contributed by atoms with Crippen LogP contribution in [0.2, 0.25) is 5.15 Å². The number of nitrogens with zero attached hydrogens (tertiary/aromatic N) is 5. The zero-order valence-corrected chi connectivity index (χ0v) is 20.9. The molecule has 1 aliphatic rings. The molecule has 1 atom stereocenters. The number of H-pyrrole nitrogens is 1. The third kappa shape index (κ3) is 4.68. The molecule has 0 radical (unpaired) electrons. The average Bonchev–Trinajstić information content (AvgIpc) is 3.57. The maximum absolute atomic E-state index is 14.5. The molecule has 1 saturated heterocycles. The number of aromatic amines is 1. The Balaban J connectivity index is 1.23. The first-order valence-corrected chi connectivity index (χ1v) is 12.4.